The van der Waals surface area contributed by atoms with Crippen LogP contribution in [0.3, 0.4) is 0 Å². The van der Waals surface area contributed by atoms with Crippen LogP contribution in [-0.2, 0) is 14.8 Å². The number of carbonyl (C=O) groups excluding carboxylic acids is 1. The number of hydrogen-bond acceptors (Lipinski definition) is 7. The molecule has 0 fully saturated rings. The number of thioether (sulfide) groups is 1. The lowest BCUT2D eigenvalue weighted by molar-refractivity contribution is -0.113. The lowest BCUT2D eigenvalue weighted by Gasteiger charge is -2.02. The topological polar surface area (TPSA) is 101 Å². The molecule has 1 heterocycles. The van der Waals surface area contributed by atoms with E-state index in [1.807, 2.05) is 18.2 Å². The second-order valence-corrected chi connectivity index (χ2v) is 7.90. The zero-order valence-corrected chi connectivity index (χ0v) is 13.4. The zero-order chi connectivity index (χ0) is 15.3. The summed E-state index contributed by atoms with van der Waals surface area (Å²) in [5.74, 6) is 0.00148. The van der Waals surface area contributed by atoms with Crippen LogP contribution in [0.5, 0.6) is 0 Å². The lowest BCUT2D eigenvalue weighted by atomic mass is 10.3. The summed E-state index contributed by atoms with van der Waals surface area (Å²) in [5, 5.41) is 10.4. The third-order valence-electron chi connectivity index (χ3n) is 2.06. The molecule has 0 atom stereocenters. The van der Waals surface area contributed by atoms with E-state index in [0.29, 0.717) is 4.34 Å². The molecule has 0 spiro atoms. The van der Waals surface area contributed by atoms with Crippen molar-refractivity contribution in [2.75, 3.05) is 22.0 Å². The Morgan fingerprint density at radius 1 is 1.29 bits per heavy atom. The first kappa shape index (κ1) is 15.7. The Kier molecular flexibility index (Phi) is 5.15. The number of anilines is 2. The first-order valence-electron chi connectivity index (χ1n) is 5.71. The maximum absolute atomic E-state index is 11.7. The summed E-state index contributed by atoms with van der Waals surface area (Å²) in [7, 11) is -3.37. The second kappa shape index (κ2) is 6.87. The van der Waals surface area contributed by atoms with Gasteiger partial charge in [-0.1, -0.05) is 41.3 Å². The molecule has 1 amide bonds. The van der Waals surface area contributed by atoms with E-state index in [0.717, 1.165) is 23.3 Å². The highest BCUT2D eigenvalue weighted by Gasteiger charge is 2.10. The van der Waals surface area contributed by atoms with Gasteiger partial charge in [0.15, 0.2) is 4.34 Å². The van der Waals surface area contributed by atoms with Crippen molar-refractivity contribution in [2.24, 2.45) is 0 Å². The number of nitrogens with zero attached hydrogens (tertiary/aromatic N) is 2. The summed E-state index contributed by atoms with van der Waals surface area (Å²) in [6.45, 7) is 0. The molecule has 21 heavy (non-hydrogen) atoms. The van der Waals surface area contributed by atoms with Gasteiger partial charge in [-0.25, -0.2) is 8.42 Å². The number of carbonyl (C=O) groups is 1. The summed E-state index contributed by atoms with van der Waals surface area (Å²) < 4.78 is 24.8. The molecule has 0 aliphatic heterocycles. The van der Waals surface area contributed by atoms with E-state index < -0.39 is 10.0 Å². The number of nitrogens with one attached hydrogen (secondary N) is 2. The van der Waals surface area contributed by atoms with Crippen LogP contribution in [0, 0.1) is 0 Å². The maximum Gasteiger partial charge on any atom is 0.234 e. The zero-order valence-electron chi connectivity index (χ0n) is 10.9. The van der Waals surface area contributed by atoms with E-state index in [4.69, 9.17) is 0 Å². The van der Waals surface area contributed by atoms with Crippen LogP contribution in [0.15, 0.2) is 34.7 Å². The largest absolute Gasteiger partial charge is 0.325 e. The van der Waals surface area contributed by atoms with Gasteiger partial charge < -0.3 is 5.32 Å². The highest BCUT2D eigenvalue weighted by molar-refractivity contribution is 8.01. The molecule has 2 aromatic rings. The fraction of sp³-hybridized carbons (Fsp3) is 0.182. The summed E-state index contributed by atoms with van der Waals surface area (Å²) in [5.41, 5.74) is 0.722. The maximum atomic E-state index is 11.7. The van der Waals surface area contributed by atoms with Gasteiger partial charge in [0.25, 0.3) is 0 Å². The summed E-state index contributed by atoms with van der Waals surface area (Å²) in [6.07, 6.45) is 1.04. The van der Waals surface area contributed by atoms with E-state index in [1.54, 1.807) is 12.1 Å². The molecule has 0 unspecified atom stereocenters. The van der Waals surface area contributed by atoms with E-state index >= 15 is 0 Å². The molecule has 2 N–H and O–H groups in total. The summed E-state index contributed by atoms with van der Waals surface area (Å²) in [6, 6.07) is 9.11. The smallest absolute Gasteiger partial charge is 0.234 e. The van der Waals surface area contributed by atoms with Crippen LogP contribution < -0.4 is 10.0 Å². The van der Waals surface area contributed by atoms with Gasteiger partial charge in [-0.15, -0.1) is 10.2 Å². The van der Waals surface area contributed by atoms with Gasteiger partial charge in [-0.3, -0.25) is 9.52 Å². The molecule has 0 saturated heterocycles. The molecule has 7 nitrogen and oxygen atoms in total. The minimum absolute atomic E-state index is 0.168. The van der Waals surface area contributed by atoms with Crippen LogP contribution in [0.2, 0.25) is 0 Å². The lowest BCUT2D eigenvalue weighted by Crippen LogP contribution is -2.13. The first-order valence-corrected chi connectivity index (χ1v) is 9.41. The van der Waals surface area contributed by atoms with Crippen LogP contribution in [-0.4, -0.2) is 36.5 Å². The van der Waals surface area contributed by atoms with Crippen molar-refractivity contribution in [3.05, 3.63) is 30.3 Å². The van der Waals surface area contributed by atoms with Crippen molar-refractivity contribution >= 4 is 49.8 Å². The van der Waals surface area contributed by atoms with Gasteiger partial charge >= 0.3 is 0 Å². The quantitative estimate of drug-likeness (QED) is 0.773. The highest BCUT2D eigenvalue weighted by Crippen LogP contribution is 2.25. The Labute approximate surface area is 130 Å². The molecule has 112 valence electrons. The average molecular weight is 344 g/mol. The average Bonchev–Trinajstić information content (AvgIpc) is 2.83. The Morgan fingerprint density at radius 2 is 2.00 bits per heavy atom. The molecular weight excluding hydrogens is 332 g/mol. The Hall–Kier alpha value is -1.65. The minimum atomic E-state index is -3.37. The molecule has 1 aromatic heterocycles. The predicted molar refractivity (Wildman–Crippen MR) is 84.2 cm³/mol. The fourth-order valence-corrected chi connectivity index (χ4v) is 3.70. The fourth-order valence-electron chi connectivity index (χ4n) is 1.31. The second-order valence-electron chi connectivity index (χ2n) is 3.95. The monoisotopic (exact) mass is 344 g/mol. The number of hydrogen-bond donors (Lipinski definition) is 2. The van der Waals surface area contributed by atoms with Crippen molar-refractivity contribution in [3.63, 3.8) is 0 Å². The van der Waals surface area contributed by atoms with E-state index in [2.05, 4.69) is 20.2 Å². The van der Waals surface area contributed by atoms with Crippen LogP contribution >= 0.6 is 23.1 Å². The van der Waals surface area contributed by atoms with E-state index in [9.17, 15) is 13.2 Å². The molecule has 0 aliphatic rings. The van der Waals surface area contributed by atoms with Gasteiger partial charge in [0.2, 0.25) is 21.1 Å². The molecule has 0 aliphatic carbocycles. The summed E-state index contributed by atoms with van der Waals surface area (Å²) >= 11 is 2.27. The van der Waals surface area contributed by atoms with Crippen molar-refractivity contribution in [3.8, 4) is 0 Å². The van der Waals surface area contributed by atoms with Crippen molar-refractivity contribution in [1.82, 2.24) is 10.2 Å². The van der Waals surface area contributed by atoms with Crippen LogP contribution in [0.1, 0.15) is 0 Å². The summed E-state index contributed by atoms with van der Waals surface area (Å²) in [4.78, 5) is 11.7. The standard InChI is InChI=1S/C11H12N4O3S3/c1-21(17,18)15-10-13-14-11(20-10)19-7-9(16)12-8-5-3-2-4-6-8/h2-6H,7H2,1H3,(H,12,16)(H,13,15). The molecule has 0 saturated carbocycles. The highest BCUT2D eigenvalue weighted by atomic mass is 32.2. The molecular formula is C11H12N4O3S3. The number of sulfonamides is 1. The number of amides is 1. The SMILES string of the molecule is CS(=O)(=O)Nc1nnc(SCC(=O)Nc2ccccc2)s1. The van der Waals surface area contributed by atoms with Gasteiger partial charge in [0, 0.05) is 5.69 Å². The Morgan fingerprint density at radius 3 is 2.67 bits per heavy atom. The normalized spacial score (nSPS) is 11.1. The molecule has 1 aromatic carbocycles. The number of rotatable bonds is 6. The molecule has 0 bridgehead atoms. The third kappa shape index (κ3) is 5.69. The third-order valence-corrected chi connectivity index (χ3v) is 4.73. The van der Waals surface area contributed by atoms with Crippen molar-refractivity contribution in [2.45, 2.75) is 4.34 Å². The number of aromatic nitrogens is 2. The van der Waals surface area contributed by atoms with Gasteiger partial charge in [0.1, 0.15) is 0 Å². The Balaban J connectivity index is 1.84. The van der Waals surface area contributed by atoms with Gasteiger partial charge in [0.05, 0.1) is 12.0 Å². The van der Waals surface area contributed by atoms with Crippen LogP contribution in [0.4, 0.5) is 10.8 Å². The number of para-hydroxylation sites is 1. The molecule has 10 heteroatoms. The Bertz CT molecular complexity index is 715. The number of benzene rings is 1. The van der Waals surface area contributed by atoms with Crippen LogP contribution in [0.25, 0.3) is 0 Å². The molecule has 2 rings (SSSR count). The van der Waals surface area contributed by atoms with Gasteiger partial charge in [-0.2, -0.15) is 0 Å². The minimum Gasteiger partial charge on any atom is -0.325 e. The van der Waals surface area contributed by atoms with Crippen molar-refractivity contribution < 1.29 is 13.2 Å². The van der Waals surface area contributed by atoms with E-state index in [-0.39, 0.29) is 16.8 Å². The van der Waals surface area contributed by atoms with Crippen molar-refractivity contribution in [1.29, 1.82) is 0 Å². The first-order chi connectivity index (χ1) is 9.92. The van der Waals surface area contributed by atoms with Gasteiger partial charge in [-0.05, 0) is 12.1 Å². The van der Waals surface area contributed by atoms with E-state index in [1.165, 1.54) is 11.8 Å². The molecule has 0 radical (unpaired) electrons. The predicted octanol–water partition coefficient (Wildman–Crippen LogP) is 1.64.